The number of carbonyl (C=O) groups is 1. The summed E-state index contributed by atoms with van der Waals surface area (Å²) in [6.07, 6.45) is 0.192. The van der Waals surface area contributed by atoms with Crippen LogP contribution in [0.1, 0.15) is 44.6 Å². The van der Waals surface area contributed by atoms with Crippen LogP contribution in [0.15, 0.2) is 48.5 Å². The molecule has 3 aromatic rings. The Hall–Kier alpha value is -2.88. The Morgan fingerprint density at radius 1 is 1.22 bits per heavy atom. The highest BCUT2D eigenvalue weighted by molar-refractivity contribution is 6.30. The standard InChI is InChI=1S/C26H32ClF2N5O2/c1-26(2,3)23(33(22(36)16-35)12-11-19(30)14-28)25-31-24(20-13-18(27)9-10-21(20)29)32-34(25)15-17-7-5-4-6-8-17/h4-10,13,19,23,35H,11-12,14-16,30H2,1-3H3/t19-,23?/m0/s1. The van der Waals surface area contributed by atoms with E-state index >= 15 is 0 Å². The van der Waals surface area contributed by atoms with Gasteiger partial charge < -0.3 is 15.7 Å². The monoisotopic (exact) mass is 519 g/mol. The largest absolute Gasteiger partial charge is 0.387 e. The zero-order valence-corrected chi connectivity index (χ0v) is 21.4. The van der Waals surface area contributed by atoms with Gasteiger partial charge in [0.15, 0.2) is 11.6 Å². The molecule has 0 fully saturated rings. The Morgan fingerprint density at radius 2 is 1.92 bits per heavy atom. The van der Waals surface area contributed by atoms with Gasteiger partial charge in [-0.3, -0.25) is 4.79 Å². The number of aliphatic hydroxyl groups is 1. The third-order valence-electron chi connectivity index (χ3n) is 5.82. The van der Waals surface area contributed by atoms with Crippen LogP contribution < -0.4 is 5.73 Å². The maximum Gasteiger partial charge on any atom is 0.248 e. The number of halogens is 3. The fraction of sp³-hybridized carbons (Fsp3) is 0.423. The van der Waals surface area contributed by atoms with E-state index in [9.17, 15) is 18.7 Å². The molecule has 1 heterocycles. The smallest absolute Gasteiger partial charge is 0.248 e. The van der Waals surface area contributed by atoms with Gasteiger partial charge in [0, 0.05) is 17.6 Å². The van der Waals surface area contributed by atoms with Crippen LogP contribution in [-0.2, 0) is 11.3 Å². The van der Waals surface area contributed by atoms with E-state index < -0.39 is 42.5 Å². The van der Waals surface area contributed by atoms with Crippen LogP contribution in [0.25, 0.3) is 11.4 Å². The van der Waals surface area contributed by atoms with E-state index in [0.717, 1.165) is 5.56 Å². The molecule has 0 saturated heterocycles. The van der Waals surface area contributed by atoms with Crippen LogP contribution in [0.2, 0.25) is 5.02 Å². The summed E-state index contributed by atoms with van der Waals surface area (Å²) < 4.78 is 29.5. The molecule has 1 unspecified atom stereocenters. The van der Waals surface area contributed by atoms with Crippen molar-refractivity contribution >= 4 is 17.5 Å². The first-order valence-electron chi connectivity index (χ1n) is 11.7. The van der Waals surface area contributed by atoms with Crippen LogP contribution in [0.4, 0.5) is 8.78 Å². The molecule has 10 heteroatoms. The highest BCUT2D eigenvalue weighted by Crippen LogP contribution is 2.39. The summed E-state index contributed by atoms with van der Waals surface area (Å²) in [5.41, 5.74) is 6.26. The van der Waals surface area contributed by atoms with Gasteiger partial charge in [-0.1, -0.05) is 62.7 Å². The third kappa shape index (κ3) is 6.66. The Kier molecular flexibility index (Phi) is 9.16. The van der Waals surface area contributed by atoms with Crippen molar-refractivity contribution in [2.75, 3.05) is 19.8 Å². The molecule has 2 atom stereocenters. The molecule has 194 valence electrons. The normalized spacial score (nSPS) is 13.4. The molecule has 0 aliphatic heterocycles. The Labute approximate surface area is 214 Å². The quantitative estimate of drug-likeness (QED) is 0.414. The van der Waals surface area contributed by atoms with Crippen molar-refractivity contribution < 1.29 is 18.7 Å². The predicted octanol–water partition coefficient (Wildman–Crippen LogP) is 4.38. The van der Waals surface area contributed by atoms with Gasteiger partial charge in [0.2, 0.25) is 5.91 Å². The van der Waals surface area contributed by atoms with Gasteiger partial charge >= 0.3 is 0 Å². The summed E-state index contributed by atoms with van der Waals surface area (Å²) in [5, 5.41) is 14.7. The molecule has 0 spiro atoms. The Balaban J connectivity index is 2.18. The maximum absolute atomic E-state index is 14.8. The first-order valence-corrected chi connectivity index (χ1v) is 12.1. The fourth-order valence-corrected chi connectivity index (χ4v) is 4.25. The lowest BCUT2D eigenvalue weighted by molar-refractivity contribution is -0.139. The van der Waals surface area contributed by atoms with E-state index in [4.69, 9.17) is 22.3 Å². The molecule has 0 aliphatic rings. The van der Waals surface area contributed by atoms with Crippen LogP contribution in [0.5, 0.6) is 0 Å². The number of nitrogens with zero attached hydrogens (tertiary/aromatic N) is 4. The molecule has 3 rings (SSSR count). The van der Waals surface area contributed by atoms with E-state index in [-0.39, 0.29) is 24.4 Å². The molecule has 0 radical (unpaired) electrons. The van der Waals surface area contributed by atoms with Gasteiger partial charge in [-0.25, -0.2) is 18.4 Å². The first kappa shape index (κ1) is 27.7. The third-order valence-corrected chi connectivity index (χ3v) is 6.05. The first-order chi connectivity index (χ1) is 17.0. The lowest BCUT2D eigenvalue weighted by atomic mass is 9.84. The molecular weight excluding hydrogens is 488 g/mol. The number of hydrogen-bond donors (Lipinski definition) is 2. The number of carbonyl (C=O) groups excluding carboxylic acids is 1. The molecule has 1 aromatic heterocycles. The Morgan fingerprint density at radius 3 is 2.53 bits per heavy atom. The van der Waals surface area contributed by atoms with E-state index in [1.165, 1.54) is 23.1 Å². The van der Waals surface area contributed by atoms with Gasteiger partial charge in [-0.05, 0) is 35.6 Å². The van der Waals surface area contributed by atoms with E-state index in [0.29, 0.717) is 17.4 Å². The average molecular weight is 520 g/mol. The minimum absolute atomic E-state index is 0.103. The number of rotatable bonds is 10. The minimum Gasteiger partial charge on any atom is -0.387 e. The van der Waals surface area contributed by atoms with Crippen LogP contribution in [0.3, 0.4) is 0 Å². The molecule has 0 bridgehead atoms. The van der Waals surface area contributed by atoms with Gasteiger partial charge in [-0.2, -0.15) is 5.10 Å². The number of benzene rings is 2. The summed E-state index contributed by atoms with van der Waals surface area (Å²) >= 11 is 6.12. The summed E-state index contributed by atoms with van der Waals surface area (Å²) in [7, 11) is 0. The number of hydrogen-bond acceptors (Lipinski definition) is 5. The number of alkyl halides is 1. The predicted molar refractivity (Wildman–Crippen MR) is 136 cm³/mol. The second kappa shape index (κ2) is 11.9. The SMILES string of the molecule is CC(C)(C)C(c1nc(-c2cc(Cl)ccc2F)nn1Cc1ccccc1)N(CC[C@H](N)CF)C(=O)CO. The molecule has 1 amide bonds. The van der Waals surface area contributed by atoms with Gasteiger partial charge in [0.05, 0.1) is 18.2 Å². The number of aromatic nitrogens is 3. The molecular formula is C26H32ClF2N5O2. The van der Waals surface area contributed by atoms with Crippen molar-refractivity contribution in [1.29, 1.82) is 0 Å². The zero-order valence-electron chi connectivity index (χ0n) is 20.7. The van der Waals surface area contributed by atoms with Gasteiger partial charge in [0.25, 0.3) is 0 Å². The van der Waals surface area contributed by atoms with E-state index in [1.54, 1.807) is 4.68 Å². The van der Waals surface area contributed by atoms with Crippen molar-refractivity contribution in [3.05, 3.63) is 70.8 Å². The summed E-state index contributed by atoms with van der Waals surface area (Å²) in [4.78, 5) is 19.1. The summed E-state index contributed by atoms with van der Waals surface area (Å²) in [6, 6.07) is 12.2. The van der Waals surface area contributed by atoms with Gasteiger partial charge in [-0.15, -0.1) is 0 Å². The van der Waals surface area contributed by atoms with Crippen LogP contribution in [-0.4, -0.2) is 56.5 Å². The molecule has 3 N–H and O–H groups in total. The highest BCUT2D eigenvalue weighted by Gasteiger charge is 2.39. The second-order valence-corrected chi connectivity index (χ2v) is 10.2. The number of aliphatic hydroxyl groups excluding tert-OH is 1. The number of nitrogens with two attached hydrogens (primary N) is 1. The zero-order chi connectivity index (χ0) is 26.5. The fourth-order valence-electron chi connectivity index (χ4n) is 4.08. The number of amides is 1. The highest BCUT2D eigenvalue weighted by atomic mass is 35.5. The lowest BCUT2D eigenvalue weighted by Crippen LogP contribution is -2.45. The molecule has 36 heavy (non-hydrogen) atoms. The van der Waals surface area contributed by atoms with Crippen molar-refractivity contribution in [1.82, 2.24) is 19.7 Å². The summed E-state index contributed by atoms with van der Waals surface area (Å²) in [6.45, 7) is 4.71. The summed E-state index contributed by atoms with van der Waals surface area (Å²) in [5.74, 6) is -0.568. The van der Waals surface area contributed by atoms with E-state index in [2.05, 4.69) is 5.10 Å². The second-order valence-electron chi connectivity index (χ2n) is 9.78. The molecule has 7 nitrogen and oxygen atoms in total. The van der Waals surface area contributed by atoms with Crippen molar-refractivity contribution in [3.8, 4) is 11.4 Å². The molecule has 0 saturated carbocycles. The van der Waals surface area contributed by atoms with Gasteiger partial charge in [0.1, 0.15) is 19.1 Å². The van der Waals surface area contributed by atoms with Crippen molar-refractivity contribution in [2.24, 2.45) is 11.1 Å². The average Bonchev–Trinajstić information content (AvgIpc) is 3.24. The Bertz CT molecular complexity index is 1170. The topological polar surface area (TPSA) is 97.3 Å². The minimum atomic E-state index is -0.752. The van der Waals surface area contributed by atoms with Crippen molar-refractivity contribution in [3.63, 3.8) is 0 Å². The maximum atomic E-state index is 14.8. The molecule has 0 aliphatic carbocycles. The van der Waals surface area contributed by atoms with Crippen LogP contribution in [0, 0.1) is 11.2 Å². The van der Waals surface area contributed by atoms with E-state index in [1.807, 2.05) is 51.1 Å². The molecule has 2 aromatic carbocycles. The lowest BCUT2D eigenvalue weighted by Gasteiger charge is -2.39. The van der Waals surface area contributed by atoms with Crippen LogP contribution >= 0.6 is 11.6 Å². The van der Waals surface area contributed by atoms with Crippen molar-refractivity contribution in [2.45, 2.75) is 45.8 Å².